The van der Waals surface area contributed by atoms with E-state index in [0.717, 1.165) is 4.91 Å². The van der Waals surface area contributed by atoms with E-state index >= 15 is 0 Å². The zero-order valence-electron chi connectivity index (χ0n) is 4.68. The third-order valence-corrected chi connectivity index (χ3v) is 1.04. The predicted octanol–water partition coefficient (Wildman–Crippen LogP) is 2.40. The second-order valence-electron chi connectivity index (χ2n) is 1.21. The maximum atomic E-state index is 4.08. The largest absolute Gasteiger partial charge is 0.144 e. The molecule has 0 aromatic heterocycles. The van der Waals surface area contributed by atoms with Crippen LogP contribution in [0, 0.1) is 0 Å². The van der Waals surface area contributed by atoms with Gasteiger partial charge in [-0.1, -0.05) is 18.2 Å². The van der Waals surface area contributed by atoms with Crippen LogP contribution >= 0.6 is 12.6 Å². The zero-order valence-corrected chi connectivity index (χ0v) is 5.57. The van der Waals surface area contributed by atoms with Gasteiger partial charge in [0, 0.05) is 0 Å². The fourth-order valence-electron chi connectivity index (χ4n) is 0.267. The summed E-state index contributed by atoms with van der Waals surface area (Å²) in [7, 11) is 0. The molecule has 0 rings (SSSR count). The average Bonchev–Trinajstić information content (AvgIpc) is 1.68. The van der Waals surface area contributed by atoms with Crippen molar-refractivity contribution in [3.05, 3.63) is 23.1 Å². The summed E-state index contributed by atoms with van der Waals surface area (Å²) in [6, 6.07) is 0. The molecular formula is C6H10S. The van der Waals surface area contributed by atoms with E-state index in [9.17, 15) is 0 Å². The molecule has 0 bridgehead atoms. The Morgan fingerprint density at radius 3 is 2.14 bits per heavy atom. The molecule has 0 aliphatic carbocycles. The summed E-state index contributed by atoms with van der Waals surface area (Å²) in [5.41, 5.74) is 0. The lowest BCUT2D eigenvalue weighted by molar-refractivity contribution is 1.66. The first-order valence-corrected chi connectivity index (χ1v) is 2.74. The Morgan fingerprint density at radius 2 is 2.00 bits per heavy atom. The molecule has 0 amide bonds. The van der Waals surface area contributed by atoms with E-state index in [0.29, 0.717) is 0 Å². The van der Waals surface area contributed by atoms with Crippen molar-refractivity contribution in [1.29, 1.82) is 0 Å². The normalized spacial score (nSPS) is 13.3. The van der Waals surface area contributed by atoms with Crippen LogP contribution in [0.3, 0.4) is 0 Å². The second kappa shape index (κ2) is 4.00. The topological polar surface area (TPSA) is 0 Å². The fraction of sp³-hybridized carbons (Fsp3) is 0.333. The van der Waals surface area contributed by atoms with Gasteiger partial charge in [0.1, 0.15) is 0 Å². The van der Waals surface area contributed by atoms with E-state index in [2.05, 4.69) is 12.6 Å². The van der Waals surface area contributed by atoms with Gasteiger partial charge >= 0.3 is 0 Å². The summed E-state index contributed by atoms with van der Waals surface area (Å²) in [4.78, 5) is 1.02. The highest BCUT2D eigenvalue weighted by molar-refractivity contribution is 7.84. The Hall–Kier alpha value is -0.170. The van der Waals surface area contributed by atoms with Crippen molar-refractivity contribution in [3.63, 3.8) is 0 Å². The van der Waals surface area contributed by atoms with Gasteiger partial charge in [-0.2, -0.15) is 0 Å². The van der Waals surface area contributed by atoms with Crippen LogP contribution in [-0.2, 0) is 0 Å². The van der Waals surface area contributed by atoms with E-state index in [-0.39, 0.29) is 0 Å². The highest BCUT2D eigenvalue weighted by Crippen LogP contribution is 1.99. The van der Waals surface area contributed by atoms with E-state index in [1.807, 2.05) is 32.1 Å². The van der Waals surface area contributed by atoms with Crippen molar-refractivity contribution in [2.45, 2.75) is 13.8 Å². The number of rotatable bonds is 1. The monoisotopic (exact) mass is 114 g/mol. The van der Waals surface area contributed by atoms with Crippen molar-refractivity contribution in [2.75, 3.05) is 0 Å². The minimum absolute atomic E-state index is 1.02. The number of hydrogen-bond donors (Lipinski definition) is 1. The Balaban J connectivity index is 3.58. The molecule has 0 saturated heterocycles. The first-order chi connectivity index (χ1) is 3.31. The van der Waals surface area contributed by atoms with Gasteiger partial charge in [-0.15, -0.1) is 12.6 Å². The molecule has 1 heteroatoms. The van der Waals surface area contributed by atoms with Crippen LogP contribution in [0.5, 0.6) is 0 Å². The van der Waals surface area contributed by atoms with E-state index in [1.54, 1.807) is 0 Å². The third kappa shape index (κ3) is 3.67. The maximum absolute atomic E-state index is 4.08. The van der Waals surface area contributed by atoms with Crippen LogP contribution < -0.4 is 0 Å². The molecular weight excluding hydrogens is 104 g/mol. The molecule has 0 nitrogen and oxygen atoms in total. The average molecular weight is 114 g/mol. The SMILES string of the molecule is C/C=C\C(S)=C/C. The zero-order chi connectivity index (χ0) is 5.70. The van der Waals surface area contributed by atoms with Gasteiger partial charge in [-0.25, -0.2) is 0 Å². The molecule has 0 radical (unpaired) electrons. The number of allylic oxidation sites excluding steroid dienone is 3. The summed E-state index contributed by atoms with van der Waals surface area (Å²) in [6.45, 7) is 3.93. The van der Waals surface area contributed by atoms with Crippen LogP contribution in [0.4, 0.5) is 0 Å². The fourth-order valence-corrected chi connectivity index (χ4v) is 0.416. The Morgan fingerprint density at radius 1 is 1.43 bits per heavy atom. The minimum atomic E-state index is 1.02. The first-order valence-electron chi connectivity index (χ1n) is 2.29. The van der Waals surface area contributed by atoms with Gasteiger partial charge in [0.05, 0.1) is 0 Å². The summed E-state index contributed by atoms with van der Waals surface area (Å²) < 4.78 is 0. The van der Waals surface area contributed by atoms with Gasteiger partial charge in [0.2, 0.25) is 0 Å². The number of thiol groups is 1. The standard InChI is InChI=1S/C6H10S/c1-3-5-6(7)4-2/h3-5,7H,1-2H3/b5-3-,6-4+. The van der Waals surface area contributed by atoms with Crippen molar-refractivity contribution >= 4 is 12.6 Å². The van der Waals surface area contributed by atoms with Crippen LogP contribution in [0.15, 0.2) is 23.1 Å². The van der Waals surface area contributed by atoms with E-state index in [4.69, 9.17) is 0 Å². The highest BCUT2D eigenvalue weighted by atomic mass is 32.1. The summed E-state index contributed by atoms with van der Waals surface area (Å²) >= 11 is 4.08. The van der Waals surface area contributed by atoms with Crippen molar-refractivity contribution in [3.8, 4) is 0 Å². The highest BCUT2D eigenvalue weighted by Gasteiger charge is 1.70. The van der Waals surface area contributed by atoms with Gasteiger partial charge in [0.15, 0.2) is 0 Å². The molecule has 40 valence electrons. The van der Waals surface area contributed by atoms with E-state index in [1.165, 1.54) is 0 Å². The third-order valence-electron chi connectivity index (χ3n) is 0.633. The van der Waals surface area contributed by atoms with Gasteiger partial charge in [-0.05, 0) is 18.8 Å². The molecule has 0 heterocycles. The Kier molecular flexibility index (Phi) is 3.90. The lowest BCUT2D eigenvalue weighted by atomic mass is 10.4. The van der Waals surface area contributed by atoms with E-state index < -0.39 is 0 Å². The number of hydrogen-bond acceptors (Lipinski definition) is 1. The molecule has 7 heavy (non-hydrogen) atoms. The van der Waals surface area contributed by atoms with Gasteiger partial charge in [-0.3, -0.25) is 0 Å². The molecule has 0 spiro atoms. The van der Waals surface area contributed by atoms with Crippen molar-refractivity contribution in [2.24, 2.45) is 0 Å². The lowest BCUT2D eigenvalue weighted by Crippen LogP contribution is -1.55. The first kappa shape index (κ1) is 6.83. The minimum Gasteiger partial charge on any atom is -0.144 e. The van der Waals surface area contributed by atoms with Gasteiger partial charge < -0.3 is 0 Å². The van der Waals surface area contributed by atoms with Crippen LogP contribution in [-0.4, -0.2) is 0 Å². The Labute approximate surface area is 50.3 Å². The summed E-state index contributed by atoms with van der Waals surface area (Å²) in [5, 5.41) is 0. The molecule has 0 aromatic carbocycles. The summed E-state index contributed by atoms with van der Waals surface area (Å²) in [6.07, 6.45) is 5.86. The molecule has 0 saturated carbocycles. The molecule has 0 aliphatic rings. The Bertz CT molecular complexity index is 90.4. The second-order valence-corrected chi connectivity index (χ2v) is 1.73. The van der Waals surface area contributed by atoms with Crippen LogP contribution in [0.25, 0.3) is 0 Å². The molecule has 0 atom stereocenters. The van der Waals surface area contributed by atoms with Crippen LogP contribution in [0.1, 0.15) is 13.8 Å². The van der Waals surface area contributed by atoms with Crippen molar-refractivity contribution < 1.29 is 0 Å². The van der Waals surface area contributed by atoms with Crippen LogP contribution in [0.2, 0.25) is 0 Å². The lowest BCUT2D eigenvalue weighted by Gasteiger charge is -1.80. The molecule has 0 unspecified atom stereocenters. The van der Waals surface area contributed by atoms with Crippen molar-refractivity contribution in [1.82, 2.24) is 0 Å². The molecule has 0 aliphatic heterocycles. The van der Waals surface area contributed by atoms with Gasteiger partial charge in [0.25, 0.3) is 0 Å². The predicted molar refractivity (Wildman–Crippen MR) is 37.6 cm³/mol. The smallest absolute Gasteiger partial charge is 0.000606 e. The molecule has 0 aromatic rings. The molecule has 0 fully saturated rings. The molecule has 0 N–H and O–H groups in total. The maximum Gasteiger partial charge on any atom is -0.000606 e. The quantitative estimate of drug-likeness (QED) is 0.393. The summed E-state index contributed by atoms with van der Waals surface area (Å²) in [5.74, 6) is 0.